The first kappa shape index (κ1) is 10.4. The highest BCUT2D eigenvalue weighted by Crippen LogP contribution is 2.16. The SMILES string of the molecule is Cc1cc(F)c(C=CC(=O)O)c(F)c1. The van der Waals surface area contributed by atoms with Crippen LogP contribution in [-0.2, 0) is 4.79 Å². The molecule has 74 valence electrons. The van der Waals surface area contributed by atoms with Crippen LogP contribution in [0.1, 0.15) is 11.1 Å². The van der Waals surface area contributed by atoms with Gasteiger partial charge < -0.3 is 5.11 Å². The molecule has 1 N–H and O–H groups in total. The quantitative estimate of drug-likeness (QED) is 0.740. The highest BCUT2D eigenvalue weighted by molar-refractivity contribution is 5.85. The summed E-state index contributed by atoms with van der Waals surface area (Å²) >= 11 is 0. The van der Waals surface area contributed by atoms with Crippen LogP contribution in [0.25, 0.3) is 6.08 Å². The van der Waals surface area contributed by atoms with E-state index in [4.69, 9.17) is 5.11 Å². The second kappa shape index (κ2) is 4.00. The Morgan fingerprint density at radius 3 is 2.29 bits per heavy atom. The standard InChI is InChI=1S/C10H8F2O2/c1-6-4-8(11)7(9(12)5-6)2-3-10(13)14/h2-5H,1H3,(H,13,14). The van der Waals surface area contributed by atoms with E-state index in [1.165, 1.54) is 0 Å². The van der Waals surface area contributed by atoms with Gasteiger partial charge in [0.15, 0.2) is 0 Å². The number of aliphatic carboxylic acids is 1. The van der Waals surface area contributed by atoms with Crippen molar-refractivity contribution in [3.63, 3.8) is 0 Å². The minimum atomic E-state index is -1.25. The van der Waals surface area contributed by atoms with E-state index in [-0.39, 0.29) is 5.56 Å². The normalized spacial score (nSPS) is 10.8. The Labute approximate surface area is 79.5 Å². The number of aryl methyl sites for hydroxylation is 1. The van der Waals surface area contributed by atoms with Crippen molar-refractivity contribution in [3.05, 3.63) is 41.0 Å². The summed E-state index contributed by atoms with van der Waals surface area (Å²) in [6.45, 7) is 1.55. The maximum atomic E-state index is 13.1. The third-order valence-corrected chi connectivity index (χ3v) is 1.62. The Hall–Kier alpha value is -1.71. The van der Waals surface area contributed by atoms with Crippen LogP contribution in [0.5, 0.6) is 0 Å². The second-order valence-electron chi connectivity index (χ2n) is 2.81. The van der Waals surface area contributed by atoms with E-state index in [0.717, 1.165) is 18.2 Å². The molecule has 0 heterocycles. The molecule has 14 heavy (non-hydrogen) atoms. The number of hydrogen-bond acceptors (Lipinski definition) is 1. The first-order valence-corrected chi connectivity index (χ1v) is 3.87. The molecule has 0 aliphatic rings. The van der Waals surface area contributed by atoms with Crippen molar-refractivity contribution in [1.82, 2.24) is 0 Å². The maximum Gasteiger partial charge on any atom is 0.328 e. The zero-order valence-electron chi connectivity index (χ0n) is 7.42. The molecule has 4 heteroatoms. The zero-order valence-corrected chi connectivity index (χ0v) is 7.42. The maximum absolute atomic E-state index is 13.1. The van der Waals surface area contributed by atoms with Gasteiger partial charge >= 0.3 is 5.97 Å². The topological polar surface area (TPSA) is 37.3 Å². The molecule has 0 aliphatic carbocycles. The first-order valence-electron chi connectivity index (χ1n) is 3.87. The number of carboxylic acids is 1. The molecule has 0 saturated carbocycles. The Morgan fingerprint density at radius 1 is 1.36 bits per heavy atom. The Morgan fingerprint density at radius 2 is 1.86 bits per heavy atom. The lowest BCUT2D eigenvalue weighted by Gasteiger charge is -2.00. The molecule has 0 amide bonds. The largest absolute Gasteiger partial charge is 0.478 e. The minimum absolute atomic E-state index is 0.335. The summed E-state index contributed by atoms with van der Waals surface area (Å²) in [5.41, 5.74) is 0.116. The molecule has 0 bridgehead atoms. The Kier molecular flexibility index (Phi) is 2.96. The number of hydrogen-bond donors (Lipinski definition) is 1. The van der Waals surface area contributed by atoms with Crippen LogP contribution in [0.15, 0.2) is 18.2 Å². The number of rotatable bonds is 2. The van der Waals surface area contributed by atoms with Crippen LogP contribution in [-0.4, -0.2) is 11.1 Å². The van der Waals surface area contributed by atoms with Gasteiger partial charge in [-0.25, -0.2) is 13.6 Å². The van der Waals surface area contributed by atoms with E-state index in [2.05, 4.69) is 0 Å². The number of carbonyl (C=O) groups is 1. The summed E-state index contributed by atoms with van der Waals surface area (Å²) in [6, 6.07) is 2.29. The molecule has 1 rings (SSSR count). The molecule has 0 aromatic heterocycles. The van der Waals surface area contributed by atoms with Gasteiger partial charge in [0.2, 0.25) is 0 Å². The fourth-order valence-corrected chi connectivity index (χ4v) is 1.02. The van der Waals surface area contributed by atoms with Crippen molar-refractivity contribution in [2.24, 2.45) is 0 Å². The third kappa shape index (κ3) is 2.39. The Balaban J connectivity index is 3.15. The van der Waals surface area contributed by atoms with Crippen LogP contribution in [0, 0.1) is 18.6 Å². The van der Waals surface area contributed by atoms with Crippen molar-refractivity contribution >= 4 is 12.0 Å². The molecule has 0 aliphatic heterocycles. The number of carboxylic acid groups (broad SMARTS) is 1. The predicted octanol–water partition coefficient (Wildman–Crippen LogP) is 2.37. The molecule has 0 unspecified atom stereocenters. The van der Waals surface area contributed by atoms with Gasteiger partial charge in [-0.3, -0.25) is 0 Å². The molecule has 0 radical (unpaired) electrons. The lowest BCUT2D eigenvalue weighted by atomic mass is 10.1. The van der Waals surface area contributed by atoms with E-state index in [1.807, 2.05) is 0 Å². The highest BCUT2D eigenvalue weighted by Gasteiger charge is 2.06. The molecular weight excluding hydrogens is 190 g/mol. The number of benzene rings is 1. The van der Waals surface area contributed by atoms with Gasteiger partial charge in [-0.15, -0.1) is 0 Å². The van der Waals surface area contributed by atoms with Crippen molar-refractivity contribution in [1.29, 1.82) is 0 Å². The number of halogens is 2. The van der Waals surface area contributed by atoms with Crippen LogP contribution in [0.4, 0.5) is 8.78 Å². The Bertz CT molecular complexity index is 374. The van der Waals surface area contributed by atoms with Crippen molar-refractivity contribution < 1.29 is 18.7 Å². The molecule has 0 saturated heterocycles. The van der Waals surface area contributed by atoms with Gasteiger partial charge in [-0.1, -0.05) is 0 Å². The molecule has 1 aromatic rings. The molecule has 0 atom stereocenters. The van der Waals surface area contributed by atoms with E-state index >= 15 is 0 Å². The predicted molar refractivity (Wildman–Crippen MR) is 47.8 cm³/mol. The van der Waals surface area contributed by atoms with Crippen LogP contribution in [0.2, 0.25) is 0 Å². The zero-order chi connectivity index (χ0) is 10.7. The third-order valence-electron chi connectivity index (χ3n) is 1.62. The fourth-order valence-electron chi connectivity index (χ4n) is 1.02. The van der Waals surface area contributed by atoms with E-state index in [1.54, 1.807) is 6.92 Å². The summed E-state index contributed by atoms with van der Waals surface area (Å²) in [7, 11) is 0. The average Bonchev–Trinajstić information content (AvgIpc) is 2.01. The molecule has 0 fully saturated rings. The first-order chi connectivity index (χ1) is 6.50. The molecule has 1 aromatic carbocycles. The molecular formula is C10H8F2O2. The summed E-state index contributed by atoms with van der Waals surface area (Å²) in [5, 5.41) is 8.28. The van der Waals surface area contributed by atoms with Gasteiger partial charge in [-0.05, 0) is 30.7 Å². The smallest absolute Gasteiger partial charge is 0.328 e. The fraction of sp³-hybridized carbons (Fsp3) is 0.100. The summed E-state index contributed by atoms with van der Waals surface area (Å²) in [6.07, 6.45) is 1.59. The second-order valence-corrected chi connectivity index (χ2v) is 2.81. The van der Waals surface area contributed by atoms with E-state index < -0.39 is 17.6 Å². The monoisotopic (exact) mass is 198 g/mol. The summed E-state index contributed by atoms with van der Waals surface area (Å²) in [4.78, 5) is 10.1. The van der Waals surface area contributed by atoms with Gasteiger partial charge in [0.1, 0.15) is 11.6 Å². The summed E-state index contributed by atoms with van der Waals surface area (Å²) < 4.78 is 26.2. The van der Waals surface area contributed by atoms with Gasteiger partial charge in [-0.2, -0.15) is 0 Å². The van der Waals surface area contributed by atoms with Crippen LogP contribution < -0.4 is 0 Å². The lowest BCUT2D eigenvalue weighted by Crippen LogP contribution is -1.92. The minimum Gasteiger partial charge on any atom is -0.478 e. The lowest BCUT2D eigenvalue weighted by molar-refractivity contribution is -0.131. The van der Waals surface area contributed by atoms with Crippen LogP contribution >= 0.6 is 0 Å². The molecule has 2 nitrogen and oxygen atoms in total. The van der Waals surface area contributed by atoms with Crippen molar-refractivity contribution in [2.75, 3.05) is 0 Å². The average molecular weight is 198 g/mol. The van der Waals surface area contributed by atoms with Crippen molar-refractivity contribution in [2.45, 2.75) is 6.92 Å². The van der Waals surface area contributed by atoms with E-state index in [0.29, 0.717) is 11.6 Å². The summed E-state index contributed by atoms with van der Waals surface area (Å²) in [5.74, 6) is -2.77. The van der Waals surface area contributed by atoms with Crippen LogP contribution in [0.3, 0.4) is 0 Å². The van der Waals surface area contributed by atoms with Crippen molar-refractivity contribution in [3.8, 4) is 0 Å². The van der Waals surface area contributed by atoms with E-state index in [9.17, 15) is 13.6 Å². The highest BCUT2D eigenvalue weighted by atomic mass is 19.1. The van der Waals surface area contributed by atoms with Gasteiger partial charge in [0, 0.05) is 11.6 Å². The van der Waals surface area contributed by atoms with Gasteiger partial charge in [0.05, 0.1) is 0 Å². The molecule has 0 spiro atoms. The van der Waals surface area contributed by atoms with Gasteiger partial charge in [0.25, 0.3) is 0 Å².